The summed E-state index contributed by atoms with van der Waals surface area (Å²) in [6.45, 7) is 4.80. The molecule has 0 unspecified atom stereocenters. The van der Waals surface area contributed by atoms with Gasteiger partial charge in [-0.3, -0.25) is 9.67 Å². The van der Waals surface area contributed by atoms with Crippen molar-refractivity contribution in [3.63, 3.8) is 0 Å². The number of rotatable bonds is 5. The van der Waals surface area contributed by atoms with Crippen LogP contribution in [-0.4, -0.2) is 37.4 Å². The van der Waals surface area contributed by atoms with E-state index in [2.05, 4.69) is 20.4 Å². The third-order valence-electron chi connectivity index (χ3n) is 5.44. The zero-order chi connectivity index (χ0) is 23.5. The van der Waals surface area contributed by atoms with Crippen LogP contribution in [0.3, 0.4) is 0 Å². The minimum atomic E-state index is -1.10. The third kappa shape index (κ3) is 4.09. The SMILES string of the molecule is CC.Cn1nc(C(=O)O)cc1-c1cnc(NCc2c(F)ccc3c2CCO3)c2cnccc12. The lowest BCUT2D eigenvalue weighted by Crippen LogP contribution is -2.07. The summed E-state index contributed by atoms with van der Waals surface area (Å²) in [6, 6.07) is 6.42. The van der Waals surface area contributed by atoms with Crippen LogP contribution in [0, 0.1) is 5.82 Å². The fourth-order valence-corrected chi connectivity index (χ4v) is 3.93. The molecule has 0 bridgehead atoms. The number of halogens is 1. The molecule has 1 aromatic carbocycles. The van der Waals surface area contributed by atoms with E-state index in [1.54, 1.807) is 31.7 Å². The number of fused-ring (bicyclic) bond motifs is 2. The molecular weight excluding hydrogens is 425 g/mol. The lowest BCUT2D eigenvalue weighted by molar-refractivity contribution is 0.0689. The van der Waals surface area contributed by atoms with Crippen LogP contribution in [0.1, 0.15) is 35.5 Å². The molecule has 0 radical (unpaired) electrons. The summed E-state index contributed by atoms with van der Waals surface area (Å²) >= 11 is 0. The van der Waals surface area contributed by atoms with E-state index in [1.165, 1.54) is 16.8 Å². The third-order valence-corrected chi connectivity index (χ3v) is 5.44. The van der Waals surface area contributed by atoms with Gasteiger partial charge in [0.1, 0.15) is 17.4 Å². The number of carbonyl (C=O) groups is 1. The number of ether oxygens (including phenoxy) is 1. The number of benzene rings is 1. The summed E-state index contributed by atoms with van der Waals surface area (Å²) in [6.07, 6.45) is 5.66. The van der Waals surface area contributed by atoms with Crippen molar-refractivity contribution in [2.75, 3.05) is 11.9 Å². The van der Waals surface area contributed by atoms with Crippen molar-refractivity contribution in [2.45, 2.75) is 26.8 Å². The van der Waals surface area contributed by atoms with Gasteiger partial charge >= 0.3 is 5.97 Å². The second-order valence-electron chi connectivity index (χ2n) is 7.24. The normalized spacial score (nSPS) is 12.0. The highest BCUT2D eigenvalue weighted by atomic mass is 19.1. The standard InChI is InChI=1S/C22H18FN5O3.C2H6/c1-28-19(8-18(27-28)22(29)30)15-11-26-21(16-9-24-6-4-12(15)16)25-10-14-13-5-7-31-20(13)3-2-17(14)23;1-2/h2-4,6,8-9,11H,5,7,10H2,1H3,(H,25,26)(H,29,30);1-2H3. The molecule has 0 aliphatic carbocycles. The Balaban J connectivity index is 0.00000126. The molecule has 9 heteroatoms. The first-order chi connectivity index (χ1) is 16.0. The minimum Gasteiger partial charge on any atom is -0.493 e. The molecule has 170 valence electrons. The molecule has 4 aromatic rings. The smallest absolute Gasteiger partial charge is 0.356 e. The van der Waals surface area contributed by atoms with Gasteiger partial charge in [0.25, 0.3) is 0 Å². The average Bonchev–Trinajstić information content (AvgIpc) is 3.46. The van der Waals surface area contributed by atoms with E-state index in [9.17, 15) is 14.3 Å². The number of pyridine rings is 2. The molecule has 1 aliphatic heterocycles. The maximum Gasteiger partial charge on any atom is 0.356 e. The van der Waals surface area contributed by atoms with Gasteiger partial charge in [0.2, 0.25) is 0 Å². The average molecular weight is 449 g/mol. The molecule has 3 aromatic heterocycles. The number of nitrogens with one attached hydrogen (secondary N) is 1. The number of hydrogen-bond donors (Lipinski definition) is 2. The Morgan fingerprint density at radius 2 is 2.06 bits per heavy atom. The number of hydrogen-bond acceptors (Lipinski definition) is 6. The number of carboxylic acids is 1. The van der Waals surface area contributed by atoms with Crippen LogP contribution in [0.4, 0.5) is 10.2 Å². The summed E-state index contributed by atoms with van der Waals surface area (Å²) in [4.78, 5) is 20.0. The maximum atomic E-state index is 14.5. The van der Waals surface area contributed by atoms with Gasteiger partial charge in [0.05, 0.1) is 12.3 Å². The fourth-order valence-electron chi connectivity index (χ4n) is 3.93. The van der Waals surface area contributed by atoms with Gasteiger partial charge in [-0.15, -0.1) is 0 Å². The summed E-state index contributed by atoms with van der Waals surface area (Å²) < 4.78 is 21.5. The van der Waals surface area contributed by atoms with E-state index in [0.717, 1.165) is 27.6 Å². The largest absolute Gasteiger partial charge is 0.493 e. The lowest BCUT2D eigenvalue weighted by Gasteiger charge is -2.14. The first-order valence-corrected chi connectivity index (χ1v) is 10.7. The molecule has 1 aliphatic rings. The van der Waals surface area contributed by atoms with Gasteiger partial charge < -0.3 is 15.2 Å². The summed E-state index contributed by atoms with van der Waals surface area (Å²) in [5.41, 5.74) is 2.75. The van der Waals surface area contributed by atoms with Gasteiger partial charge in [-0.05, 0) is 29.7 Å². The van der Waals surface area contributed by atoms with Crippen LogP contribution in [0.15, 0.2) is 42.9 Å². The molecule has 0 saturated heterocycles. The molecular formula is C24H24FN5O3. The van der Waals surface area contributed by atoms with Crippen LogP contribution < -0.4 is 10.1 Å². The Hall–Kier alpha value is -4.01. The number of nitrogens with zero attached hydrogens (tertiary/aromatic N) is 4. The van der Waals surface area contributed by atoms with Gasteiger partial charge in [-0.1, -0.05) is 13.8 Å². The predicted molar refractivity (Wildman–Crippen MR) is 123 cm³/mol. The highest BCUT2D eigenvalue weighted by molar-refractivity contribution is 6.01. The van der Waals surface area contributed by atoms with Crippen LogP contribution in [0.25, 0.3) is 22.0 Å². The number of aryl methyl sites for hydroxylation is 1. The molecule has 0 amide bonds. The van der Waals surface area contributed by atoms with Crippen LogP contribution >= 0.6 is 0 Å². The zero-order valence-corrected chi connectivity index (χ0v) is 18.6. The molecule has 0 saturated carbocycles. The Morgan fingerprint density at radius 3 is 2.82 bits per heavy atom. The van der Waals surface area contributed by atoms with Crippen molar-refractivity contribution in [1.29, 1.82) is 0 Å². The van der Waals surface area contributed by atoms with Crippen molar-refractivity contribution >= 4 is 22.6 Å². The quantitative estimate of drug-likeness (QED) is 0.464. The Bertz CT molecular complexity index is 1340. The second kappa shape index (κ2) is 9.23. The molecule has 4 heterocycles. The number of aromatic carboxylic acids is 1. The topological polar surface area (TPSA) is 102 Å². The van der Waals surface area contributed by atoms with Gasteiger partial charge in [0, 0.05) is 60.7 Å². The molecule has 33 heavy (non-hydrogen) atoms. The van der Waals surface area contributed by atoms with Crippen LogP contribution in [0.5, 0.6) is 5.75 Å². The molecule has 5 rings (SSSR count). The number of aromatic nitrogens is 4. The molecule has 0 atom stereocenters. The molecule has 0 spiro atoms. The van der Waals surface area contributed by atoms with Gasteiger partial charge in [-0.25, -0.2) is 14.2 Å². The highest BCUT2D eigenvalue weighted by Gasteiger charge is 2.20. The fraction of sp³-hybridized carbons (Fsp3) is 0.250. The van der Waals surface area contributed by atoms with Crippen molar-refractivity contribution in [2.24, 2.45) is 7.05 Å². The summed E-state index contributed by atoms with van der Waals surface area (Å²) in [5, 5.41) is 18.1. The lowest BCUT2D eigenvalue weighted by atomic mass is 10.0. The van der Waals surface area contributed by atoms with Crippen molar-refractivity contribution < 1.29 is 19.0 Å². The molecule has 0 fully saturated rings. The van der Waals surface area contributed by atoms with E-state index < -0.39 is 5.97 Å². The number of carboxylic acid groups (broad SMARTS) is 1. The van der Waals surface area contributed by atoms with Gasteiger partial charge in [0.15, 0.2) is 5.69 Å². The van der Waals surface area contributed by atoms with Crippen LogP contribution in [-0.2, 0) is 20.0 Å². The Labute approximate surface area is 190 Å². The monoisotopic (exact) mass is 449 g/mol. The van der Waals surface area contributed by atoms with E-state index in [0.29, 0.717) is 30.1 Å². The molecule has 8 nitrogen and oxygen atoms in total. The second-order valence-corrected chi connectivity index (χ2v) is 7.24. The van der Waals surface area contributed by atoms with Gasteiger partial charge in [-0.2, -0.15) is 5.10 Å². The zero-order valence-electron chi connectivity index (χ0n) is 18.6. The van der Waals surface area contributed by atoms with E-state index in [1.807, 2.05) is 19.9 Å². The van der Waals surface area contributed by atoms with Crippen LogP contribution in [0.2, 0.25) is 0 Å². The minimum absolute atomic E-state index is 0.0439. The maximum absolute atomic E-state index is 14.5. The van der Waals surface area contributed by atoms with E-state index >= 15 is 0 Å². The first kappa shape index (κ1) is 22.2. The van der Waals surface area contributed by atoms with E-state index in [4.69, 9.17) is 4.74 Å². The first-order valence-electron chi connectivity index (χ1n) is 10.7. The molecule has 2 N–H and O–H groups in total. The summed E-state index contributed by atoms with van der Waals surface area (Å²) in [7, 11) is 1.68. The predicted octanol–water partition coefficient (Wildman–Crippen LogP) is 4.44. The number of anilines is 1. The Morgan fingerprint density at radius 1 is 1.24 bits per heavy atom. The van der Waals surface area contributed by atoms with Crippen molar-refractivity contribution in [3.8, 4) is 17.0 Å². The van der Waals surface area contributed by atoms with Crippen molar-refractivity contribution in [1.82, 2.24) is 19.7 Å². The Kier molecular flexibility index (Phi) is 6.21. The summed E-state index contributed by atoms with van der Waals surface area (Å²) in [5.74, 6) is -0.103. The van der Waals surface area contributed by atoms with E-state index in [-0.39, 0.29) is 18.1 Å². The van der Waals surface area contributed by atoms with Crippen molar-refractivity contribution in [3.05, 3.63) is 65.5 Å². The highest BCUT2D eigenvalue weighted by Crippen LogP contribution is 2.33.